The van der Waals surface area contributed by atoms with Gasteiger partial charge < -0.3 is 13.9 Å². The summed E-state index contributed by atoms with van der Waals surface area (Å²) in [4.78, 5) is 15.1. The number of aromatic nitrogens is 1. The summed E-state index contributed by atoms with van der Waals surface area (Å²) in [5, 5.41) is 0.787. The standard InChI is InChI=1S/C19H19FN2O2/c1-12-14-11-13(20)7-8-15(14)21(2)18(12)19(23)22-9-3-5-16(22)17-6-4-10-24-17/h4,6-8,10-11,16H,3,5,9H2,1-2H3. The highest BCUT2D eigenvalue weighted by Gasteiger charge is 2.34. The Morgan fingerprint density at radius 2 is 2.17 bits per heavy atom. The van der Waals surface area contributed by atoms with Crippen molar-refractivity contribution in [1.82, 2.24) is 9.47 Å². The van der Waals surface area contributed by atoms with Crippen molar-refractivity contribution in [2.75, 3.05) is 6.54 Å². The van der Waals surface area contributed by atoms with Crippen LogP contribution in [-0.4, -0.2) is 21.9 Å². The number of benzene rings is 1. The molecular weight excluding hydrogens is 307 g/mol. The second kappa shape index (κ2) is 5.51. The zero-order chi connectivity index (χ0) is 16.8. The number of carbonyl (C=O) groups is 1. The summed E-state index contributed by atoms with van der Waals surface area (Å²) in [7, 11) is 1.86. The number of hydrogen-bond donors (Lipinski definition) is 0. The van der Waals surface area contributed by atoms with E-state index in [1.807, 2.05) is 35.6 Å². The monoisotopic (exact) mass is 326 g/mol. The molecule has 24 heavy (non-hydrogen) atoms. The van der Waals surface area contributed by atoms with Gasteiger partial charge in [0, 0.05) is 24.5 Å². The first-order chi connectivity index (χ1) is 11.6. The molecule has 5 heteroatoms. The van der Waals surface area contributed by atoms with Crippen LogP contribution in [0.5, 0.6) is 0 Å². The fourth-order valence-corrected chi connectivity index (χ4v) is 3.83. The maximum Gasteiger partial charge on any atom is 0.271 e. The molecule has 3 aromatic rings. The minimum atomic E-state index is -0.287. The van der Waals surface area contributed by atoms with Crippen molar-refractivity contribution in [3.63, 3.8) is 0 Å². The highest BCUT2D eigenvalue weighted by atomic mass is 19.1. The molecule has 0 aliphatic carbocycles. The Bertz CT molecular complexity index is 911. The third kappa shape index (κ3) is 2.15. The van der Waals surface area contributed by atoms with Crippen molar-refractivity contribution in [1.29, 1.82) is 0 Å². The number of rotatable bonds is 2. The van der Waals surface area contributed by atoms with E-state index in [1.54, 1.807) is 12.3 Å². The van der Waals surface area contributed by atoms with Gasteiger partial charge in [-0.25, -0.2) is 4.39 Å². The van der Waals surface area contributed by atoms with Crippen LogP contribution in [0.1, 0.15) is 40.7 Å². The smallest absolute Gasteiger partial charge is 0.271 e. The first-order valence-electron chi connectivity index (χ1n) is 8.17. The van der Waals surface area contributed by atoms with Crippen LogP contribution >= 0.6 is 0 Å². The van der Waals surface area contributed by atoms with Crippen molar-refractivity contribution in [3.05, 3.63) is 59.4 Å². The van der Waals surface area contributed by atoms with Gasteiger partial charge in [0.2, 0.25) is 0 Å². The van der Waals surface area contributed by atoms with E-state index in [4.69, 9.17) is 4.42 Å². The Morgan fingerprint density at radius 1 is 1.33 bits per heavy atom. The fourth-order valence-electron chi connectivity index (χ4n) is 3.83. The lowest BCUT2D eigenvalue weighted by molar-refractivity contribution is 0.0710. The van der Waals surface area contributed by atoms with Gasteiger partial charge >= 0.3 is 0 Å². The van der Waals surface area contributed by atoms with E-state index in [2.05, 4.69) is 0 Å². The van der Waals surface area contributed by atoms with Crippen LogP contribution in [-0.2, 0) is 7.05 Å². The summed E-state index contributed by atoms with van der Waals surface area (Å²) in [5.74, 6) is 0.513. The van der Waals surface area contributed by atoms with E-state index < -0.39 is 0 Å². The van der Waals surface area contributed by atoms with Crippen molar-refractivity contribution in [3.8, 4) is 0 Å². The molecule has 1 aromatic carbocycles. The number of fused-ring (bicyclic) bond motifs is 1. The van der Waals surface area contributed by atoms with Crippen molar-refractivity contribution < 1.29 is 13.6 Å². The average molecular weight is 326 g/mol. The van der Waals surface area contributed by atoms with E-state index in [9.17, 15) is 9.18 Å². The maximum atomic E-state index is 13.6. The molecule has 1 fully saturated rings. The van der Waals surface area contributed by atoms with Gasteiger partial charge in [0.1, 0.15) is 17.3 Å². The van der Waals surface area contributed by atoms with Crippen LogP contribution in [0.25, 0.3) is 10.9 Å². The normalized spacial score (nSPS) is 17.8. The maximum absolute atomic E-state index is 13.6. The van der Waals surface area contributed by atoms with E-state index in [0.29, 0.717) is 12.2 Å². The quantitative estimate of drug-likeness (QED) is 0.708. The molecule has 124 valence electrons. The molecule has 1 amide bonds. The Labute approximate surface area is 139 Å². The van der Waals surface area contributed by atoms with Gasteiger partial charge in [-0.2, -0.15) is 0 Å². The number of nitrogens with zero attached hydrogens (tertiary/aromatic N) is 2. The SMILES string of the molecule is Cc1c(C(=O)N2CCCC2c2ccco2)n(C)c2ccc(F)cc12. The lowest BCUT2D eigenvalue weighted by Crippen LogP contribution is -2.32. The predicted molar refractivity (Wildman–Crippen MR) is 89.3 cm³/mol. The Balaban J connectivity index is 1.78. The van der Waals surface area contributed by atoms with E-state index >= 15 is 0 Å². The molecule has 1 aliphatic rings. The van der Waals surface area contributed by atoms with Crippen molar-refractivity contribution >= 4 is 16.8 Å². The van der Waals surface area contributed by atoms with Gasteiger partial charge in [-0.1, -0.05) is 0 Å². The zero-order valence-electron chi connectivity index (χ0n) is 13.8. The molecule has 2 aromatic heterocycles. The van der Waals surface area contributed by atoms with Gasteiger partial charge in [-0.3, -0.25) is 4.79 Å². The molecule has 0 spiro atoms. The van der Waals surface area contributed by atoms with Crippen LogP contribution < -0.4 is 0 Å². The van der Waals surface area contributed by atoms with Crippen LogP contribution in [0.4, 0.5) is 4.39 Å². The summed E-state index contributed by atoms with van der Waals surface area (Å²) < 4.78 is 21.0. The molecule has 3 heterocycles. The molecule has 0 N–H and O–H groups in total. The van der Waals surface area contributed by atoms with Gasteiger partial charge in [-0.05, 0) is 55.7 Å². The van der Waals surface area contributed by atoms with Gasteiger partial charge in [0.05, 0.1) is 12.3 Å². The third-order valence-corrected chi connectivity index (χ3v) is 5.00. The highest BCUT2D eigenvalue weighted by Crippen LogP contribution is 2.35. The van der Waals surface area contributed by atoms with Crippen LogP contribution in [0, 0.1) is 12.7 Å². The van der Waals surface area contributed by atoms with Crippen molar-refractivity contribution in [2.45, 2.75) is 25.8 Å². The minimum absolute atomic E-state index is 0.0227. The molecule has 1 unspecified atom stereocenters. The van der Waals surface area contributed by atoms with Crippen LogP contribution in [0.2, 0.25) is 0 Å². The lowest BCUT2D eigenvalue weighted by Gasteiger charge is -2.24. The minimum Gasteiger partial charge on any atom is -0.467 e. The van der Waals surface area contributed by atoms with E-state index in [-0.39, 0.29) is 17.8 Å². The van der Waals surface area contributed by atoms with E-state index in [0.717, 1.165) is 35.1 Å². The summed E-state index contributed by atoms with van der Waals surface area (Å²) in [5.41, 5.74) is 2.31. The van der Waals surface area contributed by atoms with Gasteiger partial charge in [-0.15, -0.1) is 0 Å². The molecule has 1 aliphatic heterocycles. The number of furan rings is 1. The van der Waals surface area contributed by atoms with Gasteiger partial charge in [0.25, 0.3) is 5.91 Å². The largest absolute Gasteiger partial charge is 0.467 e. The number of amides is 1. The second-order valence-corrected chi connectivity index (χ2v) is 6.37. The molecular formula is C19H19FN2O2. The summed E-state index contributed by atoms with van der Waals surface area (Å²) in [6.07, 6.45) is 3.49. The lowest BCUT2D eigenvalue weighted by atomic mass is 10.1. The number of carbonyl (C=O) groups excluding carboxylic acids is 1. The van der Waals surface area contributed by atoms with Gasteiger partial charge in [0.15, 0.2) is 0 Å². The third-order valence-electron chi connectivity index (χ3n) is 5.00. The van der Waals surface area contributed by atoms with Crippen LogP contribution in [0.3, 0.4) is 0 Å². The molecule has 0 bridgehead atoms. The molecule has 4 rings (SSSR count). The molecule has 1 atom stereocenters. The summed E-state index contributed by atoms with van der Waals surface area (Å²) in [6.45, 7) is 2.59. The topological polar surface area (TPSA) is 38.4 Å². The number of hydrogen-bond acceptors (Lipinski definition) is 2. The molecule has 0 radical (unpaired) electrons. The Hall–Kier alpha value is -2.56. The van der Waals surface area contributed by atoms with Crippen LogP contribution in [0.15, 0.2) is 41.0 Å². The summed E-state index contributed by atoms with van der Waals surface area (Å²) in [6, 6.07) is 8.39. The Morgan fingerprint density at radius 3 is 2.92 bits per heavy atom. The summed E-state index contributed by atoms with van der Waals surface area (Å²) >= 11 is 0. The molecule has 0 saturated carbocycles. The van der Waals surface area contributed by atoms with Crippen molar-refractivity contribution in [2.24, 2.45) is 7.05 Å². The second-order valence-electron chi connectivity index (χ2n) is 6.37. The first-order valence-corrected chi connectivity index (χ1v) is 8.17. The molecule has 4 nitrogen and oxygen atoms in total. The number of aryl methyl sites for hydroxylation is 2. The average Bonchev–Trinajstić information content (AvgIpc) is 3.28. The Kier molecular flexibility index (Phi) is 3.44. The number of likely N-dealkylation sites (tertiary alicyclic amines) is 1. The predicted octanol–water partition coefficient (Wildman–Crippen LogP) is 4.20. The first kappa shape index (κ1) is 15.0. The number of halogens is 1. The zero-order valence-corrected chi connectivity index (χ0v) is 13.8. The fraction of sp³-hybridized carbons (Fsp3) is 0.316. The molecule has 1 saturated heterocycles. The highest BCUT2D eigenvalue weighted by molar-refractivity contribution is 6.01. The van der Waals surface area contributed by atoms with E-state index in [1.165, 1.54) is 12.1 Å².